The molecule has 1 aromatic carbocycles. The number of halogens is 2. The van der Waals surface area contributed by atoms with E-state index in [-0.39, 0.29) is 29.2 Å². The van der Waals surface area contributed by atoms with Gasteiger partial charge in [0.2, 0.25) is 0 Å². The third-order valence-corrected chi connectivity index (χ3v) is 7.70. The lowest BCUT2D eigenvalue weighted by molar-refractivity contribution is -0.137. The number of Topliss-reactive ketones (excluding diaryl/α,β-unsaturated/α-hetero) is 1. The topological polar surface area (TPSA) is 63.6 Å². The predicted octanol–water partition coefficient (Wildman–Crippen LogP) is 7.12. The van der Waals surface area contributed by atoms with Crippen molar-refractivity contribution in [3.05, 3.63) is 27.2 Å². The third kappa shape index (κ3) is 4.80. The Labute approximate surface area is 189 Å². The molecule has 0 amide bonds. The lowest BCUT2D eigenvalue weighted by Gasteiger charge is -2.34. The highest BCUT2D eigenvalue weighted by molar-refractivity contribution is 6.45. The first-order chi connectivity index (χ1) is 14.4. The highest BCUT2D eigenvalue weighted by Gasteiger charge is 2.51. The number of carbonyl (C=O) groups excluding carboxylic acids is 1. The first-order valence-corrected chi connectivity index (χ1v) is 12.1. The standard InChI is InChI=1S/C24H32Cl2O4/c1-2-3-4-7-12-24(17-9-5-6-10-17)15-16-14-18(30-13-8-11-19(27)28)21(25)22(26)20(16)23(24)29/h14,17H,2-13,15H2,1H3,(H,27,28). The first-order valence-electron chi connectivity index (χ1n) is 11.3. The molecule has 0 radical (unpaired) electrons. The number of ether oxygens (including phenoxy) is 1. The molecule has 4 nitrogen and oxygen atoms in total. The van der Waals surface area contributed by atoms with Crippen molar-refractivity contribution < 1.29 is 19.4 Å². The van der Waals surface area contributed by atoms with Gasteiger partial charge in [-0.2, -0.15) is 0 Å². The Bertz CT molecular complexity index is 786. The van der Waals surface area contributed by atoms with Gasteiger partial charge in [-0.3, -0.25) is 9.59 Å². The maximum atomic E-state index is 13.7. The fourth-order valence-corrected chi connectivity index (χ4v) is 5.80. The molecule has 2 aliphatic carbocycles. The van der Waals surface area contributed by atoms with E-state index in [0.29, 0.717) is 35.1 Å². The molecule has 1 saturated carbocycles. The number of carboxylic acid groups (broad SMARTS) is 1. The van der Waals surface area contributed by atoms with Crippen LogP contribution >= 0.6 is 23.2 Å². The number of fused-ring (bicyclic) bond motifs is 1. The summed E-state index contributed by atoms with van der Waals surface area (Å²) < 4.78 is 5.74. The number of benzene rings is 1. The molecule has 1 unspecified atom stereocenters. The number of hydrogen-bond donors (Lipinski definition) is 1. The van der Waals surface area contributed by atoms with E-state index in [1.807, 2.05) is 6.07 Å². The minimum atomic E-state index is -0.855. The van der Waals surface area contributed by atoms with Crippen molar-refractivity contribution in [2.75, 3.05) is 6.61 Å². The van der Waals surface area contributed by atoms with E-state index < -0.39 is 5.97 Å². The first kappa shape index (κ1) is 23.4. The predicted molar refractivity (Wildman–Crippen MR) is 120 cm³/mol. The number of rotatable bonds is 11. The normalized spacial score (nSPS) is 21.2. The zero-order valence-corrected chi connectivity index (χ0v) is 19.3. The SMILES string of the molecule is CCCCCCC1(C2CCCC2)Cc2cc(OCCCC(=O)O)c(Cl)c(Cl)c2C1=O. The summed E-state index contributed by atoms with van der Waals surface area (Å²) in [5.41, 5.74) is 1.16. The monoisotopic (exact) mass is 454 g/mol. The van der Waals surface area contributed by atoms with Crippen molar-refractivity contribution in [1.29, 1.82) is 0 Å². The van der Waals surface area contributed by atoms with Gasteiger partial charge in [0.1, 0.15) is 10.8 Å². The van der Waals surface area contributed by atoms with Crippen molar-refractivity contribution >= 4 is 35.0 Å². The second-order valence-electron chi connectivity index (χ2n) is 8.84. The minimum absolute atomic E-state index is 0.0390. The lowest BCUT2D eigenvalue weighted by Crippen LogP contribution is -2.35. The number of aliphatic carboxylic acids is 1. The van der Waals surface area contributed by atoms with Gasteiger partial charge in [0, 0.05) is 17.4 Å². The number of carboxylic acids is 1. The zero-order chi connectivity index (χ0) is 21.7. The average molecular weight is 455 g/mol. The maximum Gasteiger partial charge on any atom is 0.303 e. The molecule has 30 heavy (non-hydrogen) atoms. The molecule has 3 rings (SSSR count). The summed E-state index contributed by atoms with van der Waals surface area (Å²) in [7, 11) is 0. The number of unbranched alkanes of at least 4 members (excludes halogenated alkanes) is 3. The van der Waals surface area contributed by atoms with Crippen LogP contribution in [0.2, 0.25) is 10.0 Å². The van der Waals surface area contributed by atoms with Crippen LogP contribution in [0.4, 0.5) is 0 Å². The van der Waals surface area contributed by atoms with Crippen LogP contribution in [0.5, 0.6) is 5.75 Å². The average Bonchev–Trinajstić information content (AvgIpc) is 3.34. The molecule has 0 spiro atoms. The summed E-state index contributed by atoms with van der Waals surface area (Å²) in [6, 6.07) is 1.87. The number of carbonyl (C=O) groups is 2. The molecule has 0 heterocycles. The van der Waals surface area contributed by atoms with Crippen LogP contribution in [0.15, 0.2) is 6.07 Å². The summed E-state index contributed by atoms with van der Waals surface area (Å²) in [6.45, 7) is 2.45. The Morgan fingerprint density at radius 3 is 2.57 bits per heavy atom. The smallest absolute Gasteiger partial charge is 0.303 e. The Morgan fingerprint density at radius 1 is 1.17 bits per heavy atom. The summed E-state index contributed by atoms with van der Waals surface area (Å²) >= 11 is 13.0. The van der Waals surface area contributed by atoms with Gasteiger partial charge in [-0.15, -0.1) is 0 Å². The van der Waals surface area contributed by atoms with Crippen molar-refractivity contribution in [2.45, 2.75) is 84.0 Å². The van der Waals surface area contributed by atoms with Crippen molar-refractivity contribution in [2.24, 2.45) is 11.3 Å². The second kappa shape index (κ2) is 10.4. The molecule has 0 aliphatic heterocycles. The van der Waals surface area contributed by atoms with Crippen molar-refractivity contribution in [3.63, 3.8) is 0 Å². The molecule has 6 heteroatoms. The number of hydrogen-bond acceptors (Lipinski definition) is 3. The van der Waals surface area contributed by atoms with Crippen LogP contribution < -0.4 is 4.74 Å². The van der Waals surface area contributed by atoms with Crippen LogP contribution in [0.25, 0.3) is 0 Å². The Morgan fingerprint density at radius 2 is 1.90 bits per heavy atom. The second-order valence-corrected chi connectivity index (χ2v) is 9.59. The lowest BCUT2D eigenvalue weighted by atomic mass is 9.68. The van der Waals surface area contributed by atoms with Gasteiger partial charge in [-0.1, -0.05) is 68.7 Å². The summed E-state index contributed by atoms with van der Waals surface area (Å²) in [6.07, 6.45) is 11.2. The quantitative estimate of drug-likeness (QED) is 0.361. The van der Waals surface area contributed by atoms with Crippen LogP contribution in [0.1, 0.15) is 93.5 Å². The fraction of sp³-hybridized carbons (Fsp3) is 0.667. The molecule has 1 aromatic rings. The molecule has 1 atom stereocenters. The highest BCUT2D eigenvalue weighted by Crippen LogP contribution is 2.54. The summed E-state index contributed by atoms with van der Waals surface area (Å²) in [4.78, 5) is 24.4. The van der Waals surface area contributed by atoms with E-state index in [4.69, 9.17) is 33.0 Å². The van der Waals surface area contributed by atoms with Gasteiger partial charge < -0.3 is 9.84 Å². The van der Waals surface area contributed by atoms with Gasteiger partial charge in [0.25, 0.3) is 0 Å². The van der Waals surface area contributed by atoms with Gasteiger partial charge >= 0.3 is 5.97 Å². The summed E-state index contributed by atoms with van der Waals surface area (Å²) in [5, 5.41) is 9.34. The van der Waals surface area contributed by atoms with Crippen LogP contribution in [0, 0.1) is 11.3 Å². The van der Waals surface area contributed by atoms with Crippen LogP contribution in [-0.2, 0) is 11.2 Å². The number of ketones is 1. The van der Waals surface area contributed by atoms with E-state index in [1.54, 1.807) is 0 Å². The van der Waals surface area contributed by atoms with Crippen LogP contribution in [-0.4, -0.2) is 23.5 Å². The van der Waals surface area contributed by atoms with Gasteiger partial charge in [-0.05, 0) is 49.7 Å². The van der Waals surface area contributed by atoms with Crippen molar-refractivity contribution in [1.82, 2.24) is 0 Å². The molecule has 1 N–H and O–H groups in total. The van der Waals surface area contributed by atoms with E-state index >= 15 is 0 Å². The molecule has 2 aliphatic rings. The molecule has 166 valence electrons. The Balaban J connectivity index is 1.84. The Kier molecular flexibility index (Phi) is 8.09. The zero-order valence-electron chi connectivity index (χ0n) is 17.8. The molecule has 0 bridgehead atoms. The largest absolute Gasteiger partial charge is 0.492 e. The van der Waals surface area contributed by atoms with E-state index in [1.165, 1.54) is 25.7 Å². The van der Waals surface area contributed by atoms with Crippen molar-refractivity contribution in [3.8, 4) is 5.75 Å². The molecule has 0 saturated heterocycles. The van der Waals surface area contributed by atoms with E-state index in [2.05, 4.69) is 6.92 Å². The molecular formula is C24H32Cl2O4. The van der Waals surface area contributed by atoms with Gasteiger partial charge in [0.05, 0.1) is 11.6 Å². The molecule has 0 aromatic heterocycles. The molecule has 1 fully saturated rings. The van der Waals surface area contributed by atoms with E-state index in [9.17, 15) is 9.59 Å². The highest BCUT2D eigenvalue weighted by atomic mass is 35.5. The van der Waals surface area contributed by atoms with Crippen LogP contribution in [0.3, 0.4) is 0 Å². The molecular weight excluding hydrogens is 423 g/mol. The van der Waals surface area contributed by atoms with Gasteiger partial charge in [0.15, 0.2) is 5.78 Å². The van der Waals surface area contributed by atoms with Gasteiger partial charge in [-0.25, -0.2) is 0 Å². The Hall–Kier alpha value is -1.26. The maximum absolute atomic E-state index is 13.7. The minimum Gasteiger partial charge on any atom is -0.492 e. The van der Waals surface area contributed by atoms with E-state index in [0.717, 1.165) is 37.7 Å². The third-order valence-electron chi connectivity index (χ3n) is 6.85. The fourth-order valence-electron chi connectivity index (χ4n) is 5.30. The summed E-state index contributed by atoms with van der Waals surface area (Å²) in [5.74, 6) is 0.178.